The van der Waals surface area contributed by atoms with Crippen LogP contribution in [-0.2, 0) is 4.79 Å². The molecule has 0 amide bonds. The van der Waals surface area contributed by atoms with Gasteiger partial charge in [-0.1, -0.05) is 38.0 Å². The number of fused-ring (bicyclic) bond motifs is 5. The number of allylic oxidation sites excluding steroid dienone is 4. The number of carbonyl (C=O) groups is 1. The molecule has 5 atom stereocenters. The number of Topliss-reactive ketones (excluding diaryl/α,β-unsaturated/α-hetero) is 1. The third-order valence-corrected chi connectivity index (χ3v) is 7.98. The van der Waals surface area contributed by atoms with Crippen LogP contribution in [0.25, 0.3) is 0 Å². The molecule has 0 N–H and O–H groups in total. The van der Waals surface area contributed by atoms with Crippen LogP contribution in [0.15, 0.2) is 23.3 Å². The Morgan fingerprint density at radius 2 is 1.86 bits per heavy atom. The van der Waals surface area contributed by atoms with Gasteiger partial charge in [-0.05, 0) is 86.0 Å². The van der Waals surface area contributed by atoms with Crippen LogP contribution in [0.5, 0.6) is 0 Å². The summed E-state index contributed by atoms with van der Waals surface area (Å²) in [5.74, 6) is 2.70. The highest BCUT2D eigenvalue weighted by atomic mass is 16.1. The van der Waals surface area contributed by atoms with E-state index in [0.717, 1.165) is 23.8 Å². The van der Waals surface area contributed by atoms with Gasteiger partial charge in [-0.25, -0.2) is 0 Å². The first-order valence-corrected chi connectivity index (χ1v) is 9.38. The van der Waals surface area contributed by atoms with E-state index in [4.69, 9.17) is 0 Å². The quantitative estimate of drug-likeness (QED) is 0.587. The molecule has 0 heterocycles. The Bertz CT molecular complexity index is 568. The maximum absolute atomic E-state index is 12.1. The first-order valence-electron chi connectivity index (χ1n) is 9.38. The number of carbonyl (C=O) groups excluding carboxylic acids is 1. The summed E-state index contributed by atoms with van der Waals surface area (Å²) in [6.45, 7) is 6.72. The van der Waals surface area contributed by atoms with Crippen molar-refractivity contribution in [2.24, 2.45) is 28.6 Å². The molecule has 0 aromatic heterocycles. The Morgan fingerprint density at radius 1 is 1.05 bits per heavy atom. The summed E-state index contributed by atoms with van der Waals surface area (Å²) in [5.41, 5.74) is 3.58. The van der Waals surface area contributed by atoms with E-state index in [1.807, 2.05) is 0 Å². The van der Waals surface area contributed by atoms with Crippen LogP contribution in [0, 0.1) is 28.6 Å². The van der Waals surface area contributed by atoms with E-state index in [-0.39, 0.29) is 5.41 Å². The monoisotopic (exact) mass is 298 g/mol. The van der Waals surface area contributed by atoms with Crippen molar-refractivity contribution in [1.29, 1.82) is 0 Å². The van der Waals surface area contributed by atoms with Crippen molar-refractivity contribution in [1.82, 2.24) is 0 Å². The van der Waals surface area contributed by atoms with E-state index in [1.165, 1.54) is 44.9 Å². The van der Waals surface area contributed by atoms with E-state index in [0.29, 0.717) is 17.1 Å². The van der Waals surface area contributed by atoms with Crippen LogP contribution in [0.3, 0.4) is 0 Å². The predicted octanol–water partition coefficient (Wildman–Crippen LogP) is 5.46. The Kier molecular flexibility index (Phi) is 3.23. The van der Waals surface area contributed by atoms with Crippen molar-refractivity contribution in [2.75, 3.05) is 0 Å². The fourth-order valence-electron chi connectivity index (χ4n) is 6.81. The topological polar surface area (TPSA) is 17.1 Å². The minimum absolute atomic E-state index is 0.170. The van der Waals surface area contributed by atoms with E-state index < -0.39 is 0 Å². The van der Waals surface area contributed by atoms with Gasteiger partial charge in [-0.2, -0.15) is 0 Å². The van der Waals surface area contributed by atoms with Crippen molar-refractivity contribution in [3.8, 4) is 0 Å². The molecular weight excluding hydrogens is 268 g/mol. The van der Waals surface area contributed by atoms with E-state index in [2.05, 4.69) is 26.0 Å². The van der Waals surface area contributed by atoms with Gasteiger partial charge in [0.15, 0.2) is 5.78 Å². The average Bonchev–Trinajstić information content (AvgIpc) is 2.84. The van der Waals surface area contributed by atoms with Crippen LogP contribution in [0.2, 0.25) is 0 Å². The largest absolute Gasteiger partial charge is 0.295 e. The average molecular weight is 298 g/mol. The Hall–Kier alpha value is -0.850. The van der Waals surface area contributed by atoms with Gasteiger partial charge in [0.2, 0.25) is 0 Å². The molecule has 2 saturated carbocycles. The molecule has 22 heavy (non-hydrogen) atoms. The second kappa shape index (κ2) is 4.82. The lowest BCUT2D eigenvalue weighted by molar-refractivity contribution is -0.115. The Labute approximate surface area is 135 Å². The van der Waals surface area contributed by atoms with Gasteiger partial charge in [0.05, 0.1) is 0 Å². The molecule has 1 heteroatoms. The van der Waals surface area contributed by atoms with Gasteiger partial charge in [-0.3, -0.25) is 4.79 Å². The van der Waals surface area contributed by atoms with Gasteiger partial charge in [-0.15, -0.1) is 0 Å². The van der Waals surface area contributed by atoms with Gasteiger partial charge >= 0.3 is 0 Å². The number of hydrogen-bond donors (Lipinski definition) is 0. The SMILES string of the molecule is CC(=O)C1=CCC2C3CC=C4CCCCC4(C)C3CCC12C. The van der Waals surface area contributed by atoms with Gasteiger partial charge in [0.1, 0.15) is 0 Å². The van der Waals surface area contributed by atoms with Crippen molar-refractivity contribution in [3.63, 3.8) is 0 Å². The molecule has 1 nitrogen and oxygen atoms in total. The highest BCUT2D eigenvalue weighted by Gasteiger charge is 2.56. The van der Waals surface area contributed by atoms with Crippen LogP contribution in [-0.4, -0.2) is 5.78 Å². The molecule has 0 aliphatic heterocycles. The first kappa shape index (κ1) is 14.7. The summed E-state index contributed by atoms with van der Waals surface area (Å²) in [4.78, 5) is 12.1. The molecule has 0 aromatic carbocycles. The van der Waals surface area contributed by atoms with E-state index >= 15 is 0 Å². The third kappa shape index (κ3) is 1.80. The molecule has 4 aliphatic rings. The zero-order chi connectivity index (χ0) is 15.5. The molecule has 120 valence electrons. The minimum Gasteiger partial charge on any atom is -0.295 e. The maximum atomic E-state index is 12.1. The normalized spacial score (nSPS) is 47.0. The van der Waals surface area contributed by atoms with Gasteiger partial charge in [0, 0.05) is 0 Å². The minimum atomic E-state index is 0.170. The lowest BCUT2D eigenvalue weighted by Crippen LogP contribution is -2.49. The molecule has 2 fully saturated rings. The summed E-state index contributed by atoms with van der Waals surface area (Å²) in [5, 5.41) is 0. The number of ketones is 1. The lowest BCUT2D eigenvalue weighted by atomic mass is 9.47. The van der Waals surface area contributed by atoms with Crippen LogP contribution < -0.4 is 0 Å². The highest BCUT2D eigenvalue weighted by molar-refractivity contribution is 5.95. The Balaban J connectivity index is 1.69. The second-order valence-electron chi connectivity index (χ2n) is 8.83. The molecule has 4 rings (SSSR count). The van der Waals surface area contributed by atoms with Crippen molar-refractivity contribution in [3.05, 3.63) is 23.3 Å². The lowest BCUT2D eigenvalue weighted by Gasteiger charge is -2.57. The third-order valence-electron chi connectivity index (χ3n) is 7.98. The number of hydrogen-bond acceptors (Lipinski definition) is 1. The van der Waals surface area contributed by atoms with E-state index in [9.17, 15) is 4.79 Å². The summed E-state index contributed by atoms with van der Waals surface area (Å²) < 4.78 is 0. The summed E-state index contributed by atoms with van der Waals surface area (Å²) in [6.07, 6.45) is 15.4. The number of rotatable bonds is 1. The van der Waals surface area contributed by atoms with Crippen molar-refractivity contribution in [2.45, 2.75) is 72.1 Å². The molecule has 0 spiro atoms. The highest BCUT2D eigenvalue weighted by Crippen LogP contribution is 2.64. The van der Waals surface area contributed by atoms with Gasteiger partial charge in [0.25, 0.3) is 0 Å². The first-order chi connectivity index (χ1) is 10.5. The summed E-state index contributed by atoms with van der Waals surface area (Å²) in [7, 11) is 0. The Morgan fingerprint density at radius 3 is 2.64 bits per heavy atom. The van der Waals surface area contributed by atoms with Crippen molar-refractivity contribution >= 4 is 5.78 Å². The second-order valence-corrected chi connectivity index (χ2v) is 8.83. The zero-order valence-electron chi connectivity index (χ0n) is 14.5. The molecule has 0 radical (unpaired) electrons. The summed E-state index contributed by atoms with van der Waals surface area (Å²) >= 11 is 0. The molecule has 0 aromatic rings. The molecule has 0 bridgehead atoms. The standard InChI is InChI=1S/C21H30O/c1-14(22)17-9-10-18-16-8-7-15-6-4-5-12-20(15,2)19(16)11-13-21(17,18)3/h7,9,16,18-19H,4-6,8,10-13H2,1-3H3. The summed E-state index contributed by atoms with van der Waals surface area (Å²) in [6, 6.07) is 0. The maximum Gasteiger partial charge on any atom is 0.156 e. The molecule has 0 saturated heterocycles. The van der Waals surface area contributed by atoms with E-state index in [1.54, 1.807) is 12.5 Å². The van der Waals surface area contributed by atoms with Crippen LogP contribution in [0.1, 0.15) is 72.1 Å². The van der Waals surface area contributed by atoms with Crippen LogP contribution >= 0.6 is 0 Å². The smallest absolute Gasteiger partial charge is 0.156 e. The fourth-order valence-corrected chi connectivity index (χ4v) is 6.81. The molecule has 5 unspecified atom stereocenters. The molecule has 4 aliphatic carbocycles. The van der Waals surface area contributed by atoms with Crippen LogP contribution in [0.4, 0.5) is 0 Å². The predicted molar refractivity (Wildman–Crippen MR) is 90.5 cm³/mol. The fraction of sp³-hybridized carbons (Fsp3) is 0.762. The zero-order valence-corrected chi connectivity index (χ0v) is 14.5. The molecular formula is C21H30O. The van der Waals surface area contributed by atoms with Crippen molar-refractivity contribution < 1.29 is 4.79 Å². The van der Waals surface area contributed by atoms with Gasteiger partial charge < -0.3 is 0 Å².